The number of thioether (sulfide) groups is 1. The third-order valence-corrected chi connectivity index (χ3v) is 7.75. The molecule has 0 aliphatic carbocycles. The number of hydrogen-bond donors (Lipinski definition) is 2. The number of rotatable bonds is 14. The molecule has 0 aromatic heterocycles. The number of nitrogens with zero attached hydrogens (tertiary/aromatic N) is 1. The average molecular weight is 638 g/mol. The van der Waals surface area contributed by atoms with Crippen LogP contribution in [0.15, 0.2) is 23.6 Å². The number of nitrogens with one attached hydrogen (secondary N) is 2. The first-order valence-corrected chi connectivity index (χ1v) is 15.0. The van der Waals surface area contributed by atoms with Crippen molar-refractivity contribution in [2.24, 2.45) is 0 Å². The highest BCUT2D eigenvalue weighted by atomic mass is 32.2. The summed E-state index contributed by atoms with van der Waals surface area (Å²) < 4.78 is 75.3. The third-order valence-electron chi connectivity index (χ3n) is 5.19. The van der Waals surface area contributed by atoms with E-state index in [0.29, 0.717) is 15.0 Å². The number of halogens is 1. The Bertz CT molecular complexity index is 1240. The van der Waals surface area contributed by atoms with E-state index < -0.39 is 64.9 Å². The van der Waals surface area contributed by atoms with Crippen molar-refractivity contribution in [3.8, 4) is 5.75 Å². The van der Waals surface area contributed by atoms with Crippen LogP contribution in [0.1, 0.15) is 26.3 Å². The molecule has 1 heterocycles. The van der Waals surface area contributed by atoms with Gasteiger partial charge in [0.2, 0.25) is 0 Å². The first-order valence-electron chi connectivity index (χ1n) is 12.5. The Morgan fingerprint density at radius 2 is 1.93 bits per heavy atom. The zero-order valence-corrected chi connectivity index (χ0v) is 25.7. The molecule has 0 saturated carbocycles. The predicted octanol–water partition coefficient (Wildman–Crippen LogP) is 2.50. The van der Waals surface area contributed by atoms with Gasteiger partial charge in [-0.25, -0.2) is 23.0 Å². The molecule has 1 atom stereocenters. The molecular weight excluding hydrogens is 601 g/mol. The fourth-order valence-corrected chi connectivity index (χ4v) is 5.64. The van der Waals surface area contributed by atoms with Gasteiger partial charge < -0.3 is 33.7 Å². The molecule has 0 bridgehead atoms. The van der Waals surface area contributed by atoms with E-state index in [2.05, 4.69) is 21.4 Å². The second-order valence-electron chi connectivity index (χ2n) is 9.61. The highest BCUT2D eigenvalue weighted by molar-refractivity contribution is 7.99. The highest BCUT2D eigenvalue weighted by Crippen LogP contribution is 2.43. The van der Waals surface area contributed by atoms with Gasteiger partial charge in [-0.3, -0.25) is 4.79 Å². The first-order chi connectivity index (χ1) is 19.7. The molecule has 0 unspecified atom stereocenters. The second kappa shape index (κ2) is 15.8. The molecule has 0 saturated heterocycles. The largest absolute Gasteiger partial charge is 0.468 e. The summed E-state index contributed by atoms with van der Waals surface area (Å²) in [6.45, 7) is 7.02. The fraction of sp³-hybridized carbons (Fsp3) is 0.560. The van der Waals surface area contributed by atoms with Gasteiger partial charge in [0.1, 0.15) is 24.4 Å². The molecule has 17 heteroatoms. The zero-order valence-electron chi connectivity index (χ0n) is 24.0. The van der Waals surface area contributed by atoms with E-state index >= 15 is 4.39 Å². The minimum absolute atomic E-state index is 0.0364. The van der Waals surface area contributed by atoms with Crippen molar-refractivity contribution >= 4 is 45.8 Å². The number of hydrogen-bond acceptors (Lipinski definition) is 12. The summed E-state index contributed by atoms with van der Waals surface area (Å²) in [7, 11) is -2.51. The molecule has 2 amide bonds. The lowest BCUT2D eigenvalue weighted by Crippen LogP contribution is -2.47. The number of alkyl carbamates (subject to hydrolysis) is 1. The Morgan fingerprint density at radius 1 is 1.21 bits per heavy atom. The van der Waals surface area contributed by atoms with Crippen molar-refractivity contribution < 1.29 is 55.6 Å². The molecule has 42 heavy (non-hydrogen) atoms. The van der Waals surface area contributed by atoms with Crippen LogP contribution in [0, 0.1) is 5.82 Å². The van der Waals surface area contributed by atoms with Crippen LogP contribution in [0.4, 0.5) is 19.7 Å². The lowest BCUT2D eigenvalue weighted by Gasteiger charge is -2.31. The maximum Gasteiger partial charge on any atom is 0.422 e. The number of esters is 1. The molecule has 14 nitrogen and oxygen atoms in total. The third kappa shape index (κ3) is 10.5. The Labute approximate surface area is 248 Å². The molecule has 2 N–H and O–H groups in total. The van der Waals surface area contributed by atoms with Gasteiger partial charge in [-0.2, -0.15) is 8.42 Å². The van der Waals surface area contributed by atoms with E-state index in [4.69, 9.17) is 18.9 Å². The molecule has 1 aliphatic rings. The standard InChI is InChI=1S/C25H36FN3O11S2/c1-7-8-38-24(32)28-42(33,34)29(13-20(30)36-6)22-18(39-15-37-10-9-35-5)12-19-17(21(22)26)11-16(14-41-19)27-23(31)40-25(2,3)4/h7,12,16H,1,8-11,13-15H2,2-6H3,(H,27,31)(H,28,32)/t16-/m0/s1. The lowest BCUT2D eigenvalue weighted by molar-refractivity contribution is -0.138. The number of carbonyl (C=O) groups excluding carboxylic acids is 3. The number of methoxy groups -OCH3 is 2. The maximum absolute atomic E-state index is 16.4. The fourth-order valence-electron chi connectivity index (χ4n) is 3.45. The maximum atomic E-state index is 16.4. The van der Waals surface area contributed by atoms with Crippen LogP contribution in [0.3, 0.4) is 0 Å². The topological polar surface area (TPSA) is 168 Å². The van der Waals surface area contributed by atoms with Crippen molar-refractivity contribution in [3.05, 3.63) is 30.1 Å². The minimum Gasteiger partial charge on any atom is -0.468 e. The molecule has 0 spiro atoms. The monoisotopic (exact) mass is 637 g/mol. The Morgan fingerprint density at radius 3 is 2.55 bits per heavy atom. The van der Waals surface area contributed by atoms with E-state index in [1.54, 1.807) is 25.5 Å². The van der Waals surface area contributed by atoms with Gasteiger partial charge in [0.15, 0.2) is 18.4 Å². The number of carbonyl (C=O) groups is 3. The number of fused-ring (bicyclic) bond motifs is 1. The van der Waals surface area contributed by atoms with Gasteiger partial charge in [-0.05, 0) is 33.3 Å². The Hall–Kier alpha value is -3.28. The van der Waals surface area contributed by atoms with E-state index in [1.165, 1.54) is 31.0 Å². The van der Waals surface area contributed by atoms with Crippen LogP contribution in [-0.2, 0) is 45.1 Å². The number of amides is 2. The molecule has 0 fully saturated rings. The molecule has 1 aromatic carbocycles. The van der Waals surface area contributed by atoms with Crippen molar-refractivity contribution in [1.82, 2.24) is 10.0 Å². The number of anilines is 1. The van der Waals surface area contributed by atoms with Gasteiger partial charge in [-0.15, -0.1) is 11.8 Å². The van der Waals surface area contributed by atoms with Crippen molar-refractivity contribution in [2.75, 3.05) is 57.4 Å². The van der Waals surface area contributed by atoms with Crippen LogP contribution < -0.4 is 19.1 Å². The van der Waals surface area contributed by atoms with Crippen molar-refractivity contribution in [1.29, 1.82) is 0 Å². The molecule has 2 rings (SSSR count). The average Bonchev–Trinajstić information content (AvgIpc) is 2.89. The zero-order chi connectivity index (χ0) is 31.5. The van der Waals surface area contributed by atoms with Gasteiger partial charge >= 0.3 is 28.4 Å². The summed E-state index contributed by atoms with van der Waals surface area (Å²) >= 11 is 1.19. The van der Waals surface area contributed by atoms with E-state index in [0.717, 1.165) is 7.11 Å². The molecule has 236 valence electrons. The van der Waals surface area contributed by atoms with Gasteiger partial charge in [-0.1, -0.05) is 12.7 Å². The van der Waals surface area contributed by atoms with Crippen LogP contribution >= 0.6 is 11.8 Å². The molecule has 0 radical (unpaired) electrons. The van der Waals surface area contributed by atoms with Crippen molar-refractivity contribution in [2.45, 2.75) is 43.7 Å². The van der Waals surface area contributed by atoms with Crippen LogP contribution in [0.2, 0.25) is 0 Å². The summed E-state index contributed by atoms with van der Waals surface area (Å²) in [4.78, 5) is 37.1. The van der Waals surface area contributed by atoms with Gasteiger partial charge in [0.05, 0.1) is 20.3 Å². The highest BCUT2D eigenvalue weighted by Gasteiger charge is 2.36. The first kappa shape index (κ1) is 34.9. The lowest BCUT2D eigenvalue weighted by atomic mass is 10.0. The molecule has 1 aromatic rings. The minimum atomic E-state index is -4.98. The molecule has 1 aliphatic heterocycles. The van der Waals surface area contributed by atoms with Gasteiger partial charge in [0, 0.05) is 29.4 Å². The Balaban J connectivity index is 2.56. The van der Waals surface area contributed by atoms with Crippen LogP contribution in [0.25, 0.3) is 0 Å². The predicted molar refractivity (Wildman–Crippen MR) is 150 cm³/mol. The summed E-state index contributed by atoms with van der Waals surface area (Å²) in [6, 6.07) is 0.805. The summed E-state index contributed by atoms with van der Waals surface area (Å²) in [5, 5.41) is 2.68. The second-order valence-corrected chi connectivity index (χ2v) is 12.3. The summed E-state index contributed by atoms with van der Waals surface area (Å²) in [5.74, 6) is -2.10. The number of benzene rings is 1. The quantitative estimate of drug-likeness (QED) is 0.101. The normalized spacial score (nSPS) is 14.7. The Kier molecular flexibility index (Phi) is 13.1. The summed E-state index contributed by atoms with van der Waals surface area (Å²) in [6.07, 6.45) is -0.948. The summed E-state index contributed by atoms with van der Waals surface area (Å²) in [5.41, 5.74) is -1.42. The van der Waals surface area contributed by atoms with E-state index in [-0.39, 0.29) is 37.6 Å². The number of ether oxygens (including phenoxy) is 6. The molecular formula is C25H36FN3O11S2. The van der Waals surface area contributed by atoms with Gasteiger partial charge in [0.25, 0.3) is 0 Å². The SMILES string of the molecule is C=CCOC(=O)NS(=O)(=O)N(CC(=O)OC)c1c(OCOCCOC)cc2c(c1F)C[C@H](NC(=O)OC(C)(C)C)CS2. The van der Waals surface area contributed by atoms with Crippen molar-refractivity contribution in [3.63, 3.8) is 0 Å². The van der Waals surface area contributed by atoms with E-state index in [1.807, 2.05) is 0 Å². The van der Waals surface area contributed by atoms with E-state index in [9.17, 15) is 22.8 Å². The smallest absolute Gasteiger partial charge is 0.422 e. The van der Waals surface area contributed by atoms with Crippen LogP contribution in [-0.4, -0.2) is 91.3 Å². The van der Waals surface area contributed by atoms with Crippen LogP contribution in [0.5, 0.6) is 5.75 Å².